The van der Waals surface area contributed by atoms with Crippen LogP contribution in [0.2, 0.25) is 5.02 Å². The van der Waals surface area contributed by atoms with Gasteiger partial charge in [0.05, 0.1) is 37.1 Å². The van der Waals surface area contributed by atoms with Crippen LogP contribution in [-0.4, -0.2) is 54.5 Å². The lowest BCUT2D eigenvalue weighted by Crippen LogP contribution is -2.24. The third-order valence-corrected chi connectivity index (χ3v) is 4.15. The standard InChI is InChI=1S/C15H16ClN3O4/c1-21-13-8-23-7-12(13)19-6-11(17-18-19)9-4-3-5-10(16)14(9)15(20)22-2/h3-6,12-13H,7-8H2,1-2H3/t12-,13-/m1/s1. The van der Waals surface area contributed by atoms with E-state index in [-0.39, 0.29) is 17.7 Å². The van der Waals surface area contributed by atoms with Crippen molar-refractivity contribution in [2.45, 2.75) is 12.1 Å². The SMILES string of the molecule is COC(=O)c1c(Cl)cccc1-c1cn([C@@H]2COC[C@H]2OC)nn1. The van der Waals surface area contributed by atoms with Crippen LogP contribution in [0.5, 0.6) is 0 Å². The van der Waals surface area contributed by atoms with Crippen molar-refractivity contribution in [3.8, 4) is 11.3 Å². The number of benzene rings is 1. The highest BCUT2D eigenvalue weighted by atomic mass is 35.5. The molecule has 8 heteroatoms. The molecule has 0 aliphatic carbocycles. The maximum absolute atomic E-state index is 12.0. The number of hydrogen-bond donors (Lipinski definition) is 0. The van der Waals surface area contributed by atoms with Crippen LogP contribution in [0.25, 0.3) is 11.3 Å². The van der Waals surface area contributed by atoms with E-state index in [1.54, 1.807) is 36.2 Å². The van der Waals surface area contributed by atoms with Gasteiger partial charge in [-0.15, -0.1) is 5.10 Å². The number of carbonyl (C=O) groups is 1. The Kier molecular flexibility index (Phi) is 4.61. The first kappa shape index (κ1) is 15.9. The summed E-state index contributed by atoms with van der Waals surface area (Å²) in [6.45, 7) is 1.02. The lowest BCUT2D eigenvalue weighted by Gasteiger charge is -2.15. The van der Waals surface area contributed by atoms with E-state index < -0.39 is 5.97 Å². The van der Waals surface area contributed by atoms with Gasteiger partial charge in [0.15, 0.2) is 0 Å². The Morgan fingerprint density at radius 2 is 2.22 bits per heavy atom. The summed E-state index contributed by atoms with van der Waals surface area (Å²) in [6.07, 6.45) is 1.67. The quantitative estimate of drug-likeness (QED) is 0.794. The second-order valence-electron chi connectivity index (χ2n) is 5.12. The summed E-state index contributed by atoms with van der Waals surface area (Å²) >= 11 is 6.14. The van der Waals surface area contributed by atoms with Crippen molar-refractivity contribution in [1.29, 1.82) is 0 Å². The minimum Gasteiger partial charge on any atom is -0.465 e. The molecule has 0 N–H and O–H groups in total. The van der Waals surface area contributed by atoms with Crippen molar-refractivity contribution in [2.24, 2.45) is 0 Å². The molecule has 2 atom stereocenters. The molecule has 0 saturated carbocycles. The molecule has 0 unspecified atom stereocenters. The Bertz CT molecular complexity index is 718. The summed E-state index contributed by atoms with van der Waals surface area (Å²) in [5, 5.41) is 8.60. The molecule has 2 heterocycles. The number of carbonyl (C=O) groups excluding carboxylic acids is 1. The van der Waals surface area contributed by atoms with Crippen molar-refractivity contribution >= 4 is 17.6 Å². The third kappa shape index (κ3) is 2.95. The summed E-state index contributed by atoms with van der Waals surface area (Å²) in [6, 6.07) is 5.08. The number of hydrogen-bond acceptors (Lipinski definition) is 6. The van der Waals surface area contributed by atoms with Crippen LogP contribution < -0.4 is 0 Å². The number of ether oxygens (including phenoxy) is 3. The first-order valence-electron chi connectivity index (χ1n) is 7.05. The lowest BCUT2D eigenvalue weighted by molar-refractivity contribution is 0.0601. The molecule has 0 amide bonds. The van der Waals surface area contributed by atoms with Crippen LogP contribution in [0.4, 0.5) is 0 Å². The number of methoxy groups -OCH3 is 2. The van der Waals surface area contributed by atoms with Gasteiger partial charge < -0.3 is 14.2 Å². The minimum atomic E-state index is -0.515. The summed E-state index contributed by atoms with van der Waals surface area (Å²) in [7, 11) is 2.95. The number of halogens is 1. The smallest absolute Gasteiger partial charge is 0.340 e. The molecule has 0 bridgehead atoms. The van der Waals surface area contributed by atoms with Crippen molar-refractivity contribution in [2.75, 3.05) is 27.4 Å². The lowest BCUT2D eigenvalue weighted by atomic mass is 10.1. The molecule has 1 aliphatic heterocycles. The highest BCUT2D eigenvalue weighted by Gasteiger charge is 2.31. The number of aromatic nitrogens is 3. The van der Waals surface area contributed by atoms with E-state index in [1.165, 1.54) is 7.11 Å². The molecule has 0 radical (unpaired) electrons. The minimum absolute atomic E-state index is 0.0537. The van der Waals surface area contributed by atoms with Crippen LogP contribution in [-0.2, 0) is 14.2 Å². The maximum atomic E-state index is 12.0. The molecule has 1 saturated heterocycles. The fourth-order valence-electron chi connectivity index (χ4n) is 2.60. The molecule has 1 fully saturated rings. The van der Waals surface area contributed by atoms with E-state index >= 15 is 0 Å². The van der Waals surface area contributed by atoms with Gasteiger partial charge in [-0.05, 0) is 6.07 Å². The van der Waals surface area contributed by atoms with E-state index in [1.807, 2.05) is 0 Å². The van der Waals surface area contributed by atoms with Crippen molar-refractivity contribution in [3.05, 3.63) is 35.0 Å². The Morgan fingerprint density at radius 1 is 1.39 bits per heavy atom. The average Bonchev–Trinajstić information content (AvgIpc) is 3.22. The molecule has 1 aromatic heterocycles. The topological polar surface area (TPSA) is 75.5 Å². The summed E-state index contributed by atoms with van der Waals surface area (Å²) in [4.78, 5) is 12.0. The Balaban J connectivity index is 1.98. The Hall–Kier alpha value is -1.96. The zero-order valence-corrected chi connectivity index (χ0v) is 13.5. The van der Waals surface area contributed by atoms with E-state index in [9.17, 15) is 4.79 Å². The molecule has 122 valence electrons. The predicted octanol–water partition coefficient (Wildman–Crippen LogP) is 1.97. The number of nitrogens with zero attached hydrogens (tertiary/aromatic N) is 3. The Morgan fingerprint density at radius 3 is 2.96 bits per heavy atom. The third-order valence-electron chi connectivity index (χ3n) is 3.83. The summed E-state index contributed by atoms with van der Waals surface area (Å²) in [5.74, 6) is -0.515. The van der Waals surface area contributed by atoms with Gasteiger partial charge in [-0.3, -0.25) is 0 Å². The Labute approximate surface area is 138 Å². The van der Waals surface area contributed by atoms with Crippen LogP contribution in [0.15, 0.2) is 24.4 Å². The molecule has 1 aliphatic rings. The zero-order chi connectivity index (χ0) is 16.4. The highest BCUT2D eigenvalue weighted by molar-refractivity contribution is 6.34. The van der Waals surface area contributed by atoms with Crippen LogP contribution in [0, 0.1) is 0 Å². The number of rotatable bonds is 4. The first-order chi connectivity index (χ1) is 11.2. The molecule has 23 heavy (non-hydrogen) atoms. The molecular weight excluding hydrogens is 322 g/mol. The molecule has 3 rings (SSSR count). The largest absolute Gasteiger partial charge is 0.465 e. The second kappa shape index (κ2) is 6.66. The van der Waals surface area contributed by atoms with Crippen molar-refractivity contribution in [1.82, 2.24) is 15.0 Å². The van der Waals surface area contributed by atoms with E-state index in [0.717, 1.165) is 0 Å². The van der Waals surface area contributed by atoms with Gasteiger partial charge in [0.1, 0.15) is 17.8 Å². The molecule has 7 nitrogen and oxygen atoms in total. The fraction of sp³-hybridized carbons (Fsp3) is 0.400. The van der Waals surface area contributed by atoms with Crippen molar-refractivity contribution < 1.29 is 19.0 Å². The second-order valence-corrected chi connectivity index (χ2v) is 5.52. The molecule has 0 spiro atoms. The highest BCUT2D eigenvalue weighted by Crippen LogP contribution is 2.30. The maximum Gasteiger partial charge on any atom is 0.340 e. The van der Waals surface area contributed by atoms with Gasteiger partial charge in [0.2, 0.25) is 0 Å². The summed E-state index contributed by atoms with van der Waals surface area (Å²) < 4.78 is 17.3. The monoisotopic (exact) mass is 337 g/mol. The van der Waals surface area contributed by atoms with E-state index in [4.69, 9.17) is 25.8 Å². The summed E-state index contributed by atoms with van der Waals surface area (Å²) in [5.41, 5.74) is 1.38. The van der Waals surface area contributed by atoms with Gasteiger partial charge in [-0.25, -0.2) is 9.48 Å². The zero-order valence-electron chi connectivity index (χ0n) is 12.7. The normalized spacial score (nSPS) is 20.7. The van der Waals surface area contributed by atoms with E-state index in [2.05, 4.69) is 10.3 Å². The van der Waals surface area contributed by atoms with Crippen LogP contribution in [0.1, 0.15) is 16.4 Å². The van der Waals surface area contributed by atoms with Gasteiger partial charge in [-0.2, -0.15) is 0 Å². The average molecular weight is 338 g/mol. The van der Waals surface area contributed by atoms with Gasteiger partial charge >= 0.3 is 5.97 Å². The predicted molar refractivity (Wildman–Crippen MR) is 82.5 cm³/mol. The van der Waals surface area contributed by atoms with Gasteiger partial charge in [0, 0.05) is 12.7 Å². The first-order valence-corrected chi connectivity index (χ1v) is 7.43. The fourth-order valence-corrected chi connectivity index (χ4v) is 2.86. The van der Waals surface area contributed by atoms with Crippen LogP contribution in [0.3, 0.4) is 0 Å². The van der Waals surface area contributed by atoms with Crippen molar-refractivity contribution in [3.63, 3.8) is 0 Å². The van der Waals surface area contributed by atoms with E-state index in [0.29, 0.717) is 29.5 Å². The molecular formula is C15H16ClN3O4. The molecule has 1 aromatic carbocycles. The van der Waals surface area contributed by atoms with Gasteiger partial charge in [0.25, 0.3) is 0 Å². The molecule has 2 aromatic rings. The number of esters is 1. The van der Waals surface area contributed by atoms with Crippen LogP contribution >= 0.6 is 11.6 Å². The van der Waals surface area contributed by atoms with Gasteiger partial charge in [-0.1, -0.05) is 28.9 Å².